The molecule has 1 atom stereocenters. The van der Waals surface area contributed by atoms with Crippen molar-refractivity contribution in [2.45, 2.75) is 12.6 Å². The van der Waals surface area contributed by atoms with Crippen LogP contribution in [0, 0.1) is 0 Å². The maximum Gasteiger partial charge on any atom is 0.317 e. The molecule has 0 aromatic heterocycles. The first kappa shape index (κ1) is 19.1. The number of aliphatic carboxylic acids is 1. The fraction of sp³-hybridized carbons (Fsp3) is 0.400. The van der Waals surface area contributed by atoms with Crippen molar-refractivity contribution in [2.24, 2.45) is 0 Å². The quantitative estimate of drug-likeness (QED) is 0.809. The van der Waals surface area contributed by atoms with E-state index in [-0.39, 0.29) is 18.7 Å². The van der Waals surface area contributed by atoms with E-state index < -0.39 is 5.97 Å². The van der Waals surface area contributed by atoms with Gasteiger partial charge in [-0.3, -0.25) is 9.69 Å². The van der Waals surface area contributed by atoms with Crippen LogP contribution in [0.3, 0.4) is 0 Å². The second-order valence-corrected chi connectivity index (χ2v) is 6.83. The Morgan fingerprint density at radius 3 is 2.85 bits per heavy atom. The van der Waals surface area contributed by atoms with Crippen LogP contribution < -0.4 is 5.32 Å². The van der Waals surface area contributed by atoms with Crippen LogP contribution in [-0.4, -0.2) is 72.8 Å². The summed E-state index contributed by atoms with van der Waals surface area (Å²) in [6.07, 6.45) is -0.189. The number of carboxylic acids is 1. The van der Waals surface area contributed by atoms with E-state index in [9.17, 15) is 9.59 Å². The van der Waals surface area contributed by atoms with Gasteiger partial charge in [0.05, 0.1) is 19.3 Å². The Kier molecular flexibility index (Phi) is 6.26. The SMILES string of the molecule is CN(CC(=O)O)CC1CN(C(=O)NCc2cccc3ccccc23)CCO1. The van der Waals surface area contributed by atoms with E-state index in [1.165, 1.54) is 0 Å². The van der Waals surface area contributed by atoms with Crippen LogP contribution in [0.2, 0.25) is 0 Å². The lowest BCUT2D eigenvalue weighted by molar-refractivity contribution is -0.138. The van der Waals surface area contributed by atoms with E-state index in [4.69, 9.17) is 9.84 Å². The minimum absolute atomic E-state index is 0.0485. The van der Waals surface area contributed by atoms with E-state index in [1.54, 1.807) is 16.8 Å². The fourth-order valence-electron chi connectivity index (χ4n) is 3.39. The molecule has 1 unspecified atom stereocenters. The minimum Gasteiger partial charge on any atom is -0.480 e. The fourth-order valence-corrected chi connectivity index (χ4v) is 3.39. The number of urea groups is 1. The summed E-state index contributed by atoms with van der Waals surface area (Å²) in [5.74, 6) is -0.877. The Morgan fingerprint density at radius 1 is 1.26 bits per heavy atom. The number of rotatable bonds is 6. The molecule has 0 spiro atoms. The van der Waals surface area contributed by atoms with E-state index in [2.05, 4.69) is 23.5 Å². The zero-order valence-electron chi connectivity index (χ0n) is 15.4. The summed E-state index contributed by atoms with van der Waals surface area (Å²) < 4.78 is 5.67. The molecule has 1 fully saturated rings. The largest absolute Gasteiger partial charge is 0.480 e. The predicted molar refractivity (Wildman–Crippen MR) is 103 cm³/mol. The molecule has 7 heteroatoms. The van der Waals surface area contributed by atoms with Gasteiger partial charge in [-0.2, -0.15) is 0 Å². The molecule has 0 saturated carbocycles. The molecule has 2 aromatic rings. The maximum absolute atomic E-state index is 12.6. The van der Waals surface area contributed by atoms with Crippen LogP contribution in [0.4, 0.5) is 4.79 Å². The summed E-state index contributed by atoms with van der Waals surface area (Å²) in [5.41, 5.74) is 1.08. The molecular formula is C20H25N3O4. The summed E-state index contributed by atoms with van der Waals surface area (Å²) in [6, 6.07) is 14.0. The van der Waals surface area contributed by atoms with Crippen LogP contribution in [0.1, 0.15) is 5.56 Å². The van der Waals surface area contributed by atoms with Gasteiger partial charge in [0.15, 0.2) is 0 Å². The highest BCUT2D eigenvalue weighted by molar-refractivity contribution is 5.86. The van der Waals surface area contributed by atoms with E-state index in [0.717, 1.165) is 16.3 Å². The number of nitrogens with zero attached hydrogens (tertiary/aromatic N) is 2. The number of hydrogen-bond donors (Lipinski definition) is 2. The number of amides is 2. The van der Waals surface area contributed by atoms with Gasteiger partial charge in [-0.05, 0) is 23.4 Å². The number of hydrogen-bond acceptors (Lipinski definition) is 4. The van der Waals surface area contributed by atoms with Crippen molar-refractivity contribution >= 4 is 22.8 Å². The second kappa shape index (κ2) is 8.83. The first-order valence-electron chi connectivity index (χ1n) is 9.04. The topological polar surface area (TPSA) is 82.1 Å². The van der Waals surface area contributed by atoms with Crippen LogP contribution >= 0.6 is 0 Å². The summed E-state index contributed by atoms with van der Waals surface area (Å²) in [7, 11) is 1.73. The van der Waals surface area contributed by atoms with Crippen molar-refractivity contribution in [2.75, 3.05) is 39.8 Å². The van der Waals surface area contributed by atoms with E-state index in [0.29, 0.717) is 32.8 Å². The Labute approximate surface area is 158 Å². The summed E-state index contributed by atoms with van der Waals surface area (Å²) >= 11 is 0. The van der Waals surface area contributed by atoms with Crippen molar-refractivity contribution < 1.29 is 19.4 Å². The lowest BCUT2D eigenvalue weighted by atomic mass is 10.0. The average Bonchev–Trinajstić information content (AvgIpc) is 2.65. The van der Waals surface area contributed by atoms with Crippen molar-refractivity contribution in [3.05, 3.63) is 48.0 Å². The molecular weight excluding hydrogens is 346 g/mol. The summed E-state index contributed by atoms with van der Waals surface area (Å²) in [5, 5.41) is 14.1. The molecule has 0 radical (unpaired) electrons. The highest BCUT2D eigenvalue weighted by Gasteiger charge is 2.25. The summed E-state index contributed by atoms with van der Waals surface area (Å²) in [6.45, 7) is 2.31. The molecule has 7 nitrogen and oxygen atoms in total. The Morgan fingerprint density at radius 2 is 2.04 bits per heavy atom. The molecule has 2 amide bonds. The number of ether oxygens (including phenoxy) is 1. The molecule has 2 N–H and O–H groups in total. The molecule has 2 aromatic carbocycles. The number of carboxylic acid groups (broad SMARTS) is 1. The molecule has 0 aliphatic carbocycles. The summed E-state index contributed by atoms with van der Waals surface area (Å²) in [4.78, 5) is 26.8. The number of benzene rings is 2. The standard InChI is InChI=1S/C20H25N3O4/c1-22(14-19(24)25)12-17-13-23(9-10-27-17)20(26)21-11-16-7-4-6-15-5-2-3-8-18(15)16/h2-8,17H,9-14H2,1H3,(H,21,26)(H,24,25). The normalized spacial score (nSPS) is 17.3. The van der Waals surface area contributed by atoms with Gasteiger partial charge in [-0.1, -0.05) is 42.5 Å². The zero-order valence-corrected chi connectivity index (χ0v) is 15.4. The second-order valence-electron chi connectivity index (χ2n) is 6.83. The molecule has 1 heterocycles. The van der Waals surface area contributed by atoms with Gasteiger partial charge in [0, 0.05) is 26.2 Å². The minimum atomic E-state index is -0.877. The highest BCUT2D eigenvalue weighted by atomic mass is 16.5. The molecule has 27 heavy (non-hydrogen) atoms. The van der Waals surface area contributed by atoms with Gasteiger partial charge in [0.2, 0.25) is 0 Å². The van der Waals surface area contributed by atoms with Crippen LogP contribution in [0.5, 0.6) is 0 Å². The van der Waals surface area contributed by atoms with Crippen molar-refractivity contribution in [3.63, 3.8) is 0 Å². The Hall–Kier alpha value is -2.64. The third-order valence-electron chi connectivity index (χ3n) is 4.66. The molecule has 1 aliphatic rings. The van der Waals surface area contributed by atoms with E-state index in [1.807, 2.05) is 24.3 Å². The van der Waals surface area contributed by atoms with Gasteiger partial charge < -0.3 is 20.1 Å². The van der Waals surface area contributed by atoms with Gasteiger partial charge >= 0.3 is 12.0 Å². The Balaban J connectivity index is 1.55. The zero-order chi connectivity index (χ0) is 19.2. The van der Waals surface area contributed by atoms with Crippen LogP contribution in [-0.2, 0) is 16.1 Å². The number of carbonyl (C=O) groups excluding carboxylic acids is 1. The first-order valence-corrected chi connectivity index (χ1v) is 9.04. The predicted octanol–water partition coefficient (Wildman–Crippen LogP) is 1.77. The number of carbonyl (C=O) groups is 2. The molecule has 144 valence electrons. The third-order valence-corrected chi connectivity index (χ3v) is 4.66. The number of likely N-dealkylation sites (N-methyl/N-ethyl adjacent to an activating group) is 1. The van der Waals surface area contributed by atoms with Gasteiger partial charge in [0.25, 0.3) is 0 Å². The van der Waals surface area contributed by atoms with Gasteiger partial charge in [0.1, 0.15) is 0 Å². The monoisotopic (exact) mass is 371 g/mol. The first-order chi connectivity index (χ1) is 13.0. The smallest absolute Gasteiger partial charge is 0.317 e. The van der Waals surface area contributed by atoms with Gasteiger partial charge in [-0.25, -0.2) is 4.79 Å². The van der Waals surface area contributed by atoms with Crippen LogP contribution in [0.25, 0.3) is 10.8 Å². The van der Waals surface area contributed by atoms with Crippen molar-refractivity contribution in [3.8, 4) is 0 Å². The number of nitrogens with one attached hydrogen (secondary N) is 1. The maximum atomic E-state index is 12.6. The number of fused-ring (bicyclic) bond motifs is 1. The molecule has 3 rings (SSSR count). The van der Waals surface area contributed by atoms with Gasteiger partial charge in [-0.15, -0.1) is 0 Å². The average molecular weight is 371 g/mol. The van der Waals surface area contributed by atoms with Crippen molar-refractivity contribution in [1.29, 1.82) is 0 Å². The lowest BCUT2D eigenvalue weighted by Crippen LogP contribution is -2.52. The molecule has 1 saturated heterocycles. The van der Waals surface area contributed by atoms with Crippen molar-refractivity contribution in [1.82, 2.24) is 15.1 Å². The molecule has 1 aliphatic heterocycles. The Bertz CT molecular complexity index is 805. The van der Waals surface area contributed by atoms with Crippen LogP contribution in [0.15, 0.2) is 42.5 Å². The number of morpholine rings is 1. The molecule has 0 bridgehead atoms. The van der Waals surface area contributed by atoms with E-state index >= 15 is 0 Å². The lowest BCUT2D eigenvalue weighted by Gasteiger charge is -2.34. The third kappa shape index (κ3) is 5.18. The highest BCUT2D eigenvalue weighted by Crippen LogP contribution is 2.18.